The van der Waals surface area contributed by atoms with Gasteiger partial charge in [-0.1, -0.05) is 66.4 Å². The van der Waals surface area contributed by atoms with Crippen LogP contribution < -0.4 is 4.74 Å². The Hall–Kier alpha value is -2.56. The number of nitrogens with zero attached hydrogens (tertiary/aromatic N) is 2. The Morgan fingerprint density at radius 1 is 1.00 bits per heavy atom. The van der Waals surface area contributed by atoms with Gasteiger partial charge >= 0.3 is 5.97 Å². The second kappa shape index (κ2) is 13.5. The molecule has 1 heterocycles. The Bertz CT molecular complexity index is 1150. The first-order valence-corrected chi connectivity index (χ1v) is 14.0. The van der Waals surface area contributed by atoms with Crippen LogP contribution in [0.1, 0.15) is 54.2 Å². The summed E-state index contributed by atoms with van der Waals surface area (Å²) in [5.74, 6) is 1.58. The molecule has 0 unspecified atom stereocenters. The Morgan fingerprint density at radius 3 is 2.31 bits per heavy atom. The first-order chi connectivity index (χ1) is 16.9. The normalized spacial score (nSPS) is 10.8. The van der Waals surface area contributed by atoms with Crippen molar-refractivity contribution in [3.63, 3.8) is 0 Å². The Labute approximate surface area is 217 Å². The maximum atomic E-state index is 11.8. The molecular formula is C25H28N2O5S3. The number of hydrogen-bond donors (Lipinski definition) is 1. The highest BCUT2D eigenvalue weighted by atomic mass is 32.2. The number of ether oxygens (including phenoxy) is 2. The first-order valence-electron chi connectivity index (χ1n) is 11.2. The van der Waals surface area contributed by atoms with Crippen molar-refractivity contribution in [1.82, 2.24) is 10.2 Å². The molecule has 0 saturated carbocycles. The molecule has 0 aliphatic rings. The third kappa shape index (κ3) is 7.98. The topological polar surface area (TPSA) is 98.6 Å². The van der Waals surface area contributed by atoms with E-state index in [4.69, 9.17) is 9.47 Å². The van der Waals surface area contributed by atoms with Crippen molar-refractivity contribution >= 4 is 46.6 Å². The molecule has 0 radical (unpaired) electrons. The number of rotatable bonds is 13. The van der Waals surface area contributed by atoms with Crippen LogP contribution in [-0.2, 0) is 27.5 Å². The average Bonchev–Trinajstić information content (AvgIpc) is 3.30. The molecule has 0 spiro atoms. The molecule has 1 N–H and O–H groups in total. The number of Topliss-reactive ketones (excluding diaryl/α,β-unsaturated/α-hetero) is 1. The van der Waals surface area contributed by atoms with Gasteiger partial charge in [-0.3, -0.25) is 4.79 Å². The second-order valence-corrected chi connectivity index (χ2v) is 11.0. The van der Waals surface area contributed by atoms with Crippen molar-refractivity contribution in [2.24, 2.45) is 0 Å². The summed E-state index contributed by atoms with van der Waals surface area (Å²) >= 11 is 4.71. The van der Waals surface area contributed by atoms with Crippen LogP contribution in [0, 0.1) is 0 Å². The summed E-state index contributed by atoms with van der Waals surface area (Å²) in [6.07, 6.45) is 1.59. The smallest absolute Gasteiger partial charge is 0.344 e. The van der Waals surface area contributed by atoms with E-state index in [2.05, 4.69) is 17.1 Å². The standard InChI is InChI=1S/C25H28N2O5S3/c1-4-6-21-18(9-12-20(16(3)28)23(21)30)15-34-25-27-26-24(35-25)33-14-17-7-10-19(11-8-17)32-13-22(29)31-5-2/h7-12,30H,4-6,13-15H2,1-3H3. The number of esters is 1. The van der Waals surface area contributed by atoms with Crippen LogP contribution in [-0.4, -0.2) is 40.3 Å². The summed E-state index contributed by atoms with van der Waals surface area (Å²) in [6, 6.07) is 11.2. The van der Waals surface area contributed by atoms with Gasteiger partial charge < -0.3 is 14.6 Å². The quantitative estimate of drug-likeness (QED) is 0.163. The molecule has 3 aromatic rings. The van der Waals surface area contributed by atoms with Gasteiger partial charge in [-0.2, -0.15) is 0 Å². The molecule has 0 saturated heterocycles. The number of phenols is 1. The van der Waals surface area contributed by atoms with Crippen molar-refractivity contribution in [1.29, 1.82) is 0 Å². The van der Waals surface area contributed by atoms with Gasteiger partial charge in [0.1, 0.15) is 11.5 Å². The van der Waals surface area contributed by atoms with Gasteiger partial charge in [0.25, 0.3) is 0 Å². The van der Waals surface area contributed by atoms with Gasteiger partial charge in [0, 0.05) is 11.5 Å². The van der Waals surface area contributed by atoms with Gasteiger partial charge in [0.05, 0.1) is 12.2 Å². The lowest BCUT2D eigenvalue weighted by atomic mass is 9.98. The Morgan fingerprint density at radius 2 is 1.69 bits per heavy atom. The molecule has 3 rings (SSSR count). The van der Waals surface area contributed by atoms with Crippen molar-refractivity contribution in [2.45, 2.75) is 53.8 Å². The van der Waals surface area contributed by atoms with Gasteiger partial charge in [0.2, 0.25) is 0 Å². The molecule has 7 nitrogen and oxygen atoms in total. The number of aromatic nitrogens is 2. The summed E-state index contributed by atoms with van der Waals surface area (Å²) in [6.45, 7) is 5.51. The summed E-state index contributed by atoms with van der Waals surface area (Å²) in [5.41, 5.74) is 3.32. The van der Waals surface area contributed by atoms with Crippen LogP contribution >= 0.6 is 34.9 Å². The van der Waals surface area contributed by atoms with Crippen LogP contribution in [0.15, 0.2) is 45.1 Å². The van der Waals surface area contributed by atoms with E-state index in [1.807, 2.05) is 30.3 Å². The van der Waals surface area contributed by atoms with Crippen molar-refractivity contribution in [3.05, 3.63) is 58.7 Å². The van der Waals surface area contributed by atoms with E-state index in [9.17, 15) is 14.7 Å². The lowest BCUT2D eigenvalue weighted by molar-refractivity contribution is -0.145. The second-order valence-electron chi connectivity index (χ2n) is 7.55. The summed E-state index contributed by atoms with van der Waals surface area (Å²) < 4.78 is 12.0. The van der Waals surface area contributed by atoms with Crippen LogP contribution in [0.5, 0.6) is 11.5 Å². The highest BCUT2D eigenvalue weighted by Crippen LogP contribution is 2.35. The number of thioether (sulfide) groups is 2. The highest BCUT2D eigenvalue weighted by Gasteiger charge is 2.16. The van der Waals surface area contributed by atoms with E-state index in [0.717, 1.165) is 37.5 Å². The lowest BCUT2D eigenvalue weighted by Gasteiger charge is -2.12. The molecule has 0 amide bonds. The van der Waals surface area contributed by atoms with E-state index in [1.54, 1.807) is 36.5 Å². The predicted molar refractivity (Wildman–Crippen MR) is 140 cm³/mol. The third-order valence-corrected chi connectivity index (χ3v) is 8.26. The molecule has 2 aromatic carbocycles. The molecule has 0 aliphatic heterocycles. The number of benzene rings is 2. The molecule has 0 bridgehead atoms. The molecule has 0 fully saturated rings. The zero-order valence-electron chi connectivity index (χ0n) is 19.9. The zero-order chi connectivity index (χ0) is 25.2. The van der Waals surface area contributed by atoms with Crippen LogP contribution in [0.2, 0.25) is 0 Å². The zero-order valence-corrected chi connectivity index (χ0v) is 22.4. The van der Waals surface area contributed by atoms with Crippen LogP contribution in [0.3, 0.4) is 0 Å². The lowest BCUT2D eigenvalue weighted by Crippen LogP contribution is -2.14. The number of carbonyl (C=O) groups excluding carboxylic acids is 2. The monoisotopic (exact) mass is 532 g/mol. The largest absolute Gasteiger partial charge is 0.507 e. The van der Waals surface area contributed by atoms with E-state index in [1.165, 1.54) is 18.3 Å². The predicted octanol–water partition coefficient (Wildman–Crippen LogP) is 5.93. The fourth-order valence-corrected chi connectivity index (χ4v) is 6.25. The molecule has 1 aromatic heterocycles. The fraction of sp³-hybridized carbons (Fsp3) is 0.360. The van der Waals surface area contributed by atoms with Gasteiger partial charge in [-0.25, -0.2) is 4.79 Å². The van der Waals surface area contributed by atoms with Crippen molar-refractivity contribution in [3.8, 4) is 11.5 Å². The summed E-state index contributed by atoms with van der Waals surface area (Å²) in [7, 11) is 0. The Kier molecular flexibility index (Phi) is 10.4. The van der Waals surface area contributed by atoms with Gasteiger partial charge in [-0.15, -0.1) is 10.2 Å². The summed E-state index contributed by atoms with van der Waals surface area (Å²) in [5, 5.41) is 19.1. The maximum Gasteiger partial charge on any atom is 0.344 e. The molecule has 0 aliphatic carbocycles. The van der Waals surface area contributed by atoms with E-state index >= 15 is 0 Å². The van der Waals surface area contributed by atoms with Crippen LogP contribution in [0.4, 0.5) is 0 Å². The van der Waals surface area contributed by atoms with Gasteiger partial charge in [0.15, 0.2) is 21.1 Å². The molecule has 186 valence electrons. The van der Waals surface area contributed by atoms with Crippen LogP contribution in [0.25, 0.3) is 0 Å². The molecule has 0 atom stereocenters. The number of ketones is 1. The van der Waals surface area contributed by atoms with E-state index in [0.29, 0.717) is 30.1 Å². The first kappa shape index (κ1) is 27.0. The fourth-order valence-electron chi connectivity index (χ4n) is 3.25. The van der Waals surface area contributed by atoms with Gasteiger partial charge in [-0.05, 0) is 55.2 Å². The highest BCUT2D eigenvalue weighted by molar-refractivity contribution is 8.02. The number of hydrogen-bond acceptors (Lipinski definition) is 10. The van der Waals surface area contributed by atoms with E-state index < -0.39 is 0 Å². The maximum absolute atomic E-state index is 11.8. The number of carbonyl (C=O) groups is 2. The third-order valence-electron chi connectivity index (χ3n) is 4.95. The molecule has 35 heavy (non-hydrogen) atoms. The van der Waals surface area contributed by atoms with E-state index in [-0.39, 0.29) is 24.1 Å². The Balaban J connectivity index is 1.53. The summed E-state index contributed by atoms with van der Waals surface area (Å²) in [4.78, 5) is 23.1. The van der Waals surface area contributed by atoms with Crippen molar-refractivity contribution in [2.75, 3.05) is 13.2 Å². The van der Waals surface area contributed by atoms with Crippen molar-refractivity contribution < 1.29 is 24.2 Å². The average molecular weight is 533 g/mol. The SMILES string of the molecule is CCCc1c(CSc2nnc(SCc3ccc(OCC(=O)OCC)cc3)s2)ccc(C(C)=O)c1O. The minimum atomic E-state index is -0.386. The minimum absolute atomic E-state index is 0.100. The molecule has 10 heteroatoms. The molecular weight excluding hydrogens is 504 g/mol. The minimum Gasteiger partial charge on any atom is -0.507 e. The number of phenolic OH excluding ortho intramolecular Hbond substituents is 1. The number of aromatic hydroxyl groups is 1.